The number of nitrogens with zero attached hydrogens (tertiary/aromatic N) is 2. The van der Waals surface area contributed by atoms with Gasteiger partial charge < -0.3 is 10.1 Å². The smallest absolute Gasteiger partial charge is 0.216 e. The second kappa shape index (κ2) is 4.99. The van der Waals surface area contributed by atoms with E-state index in [9.17, 15) is 0 Å². The highest BCUT2D eigenvalue weighted by Gasteiger charge is 2.15. The van der Waals surface area contributed by atoms with Crippen molar-refractivity contribution in [2.45, 2.75) is 12.5 Å². The minimum atomic E-state index is 0. The minimum absolute atomic E-state index is 0. The lowest BCUT2D eigenvalue weighted by atomic mass is 10.3. The average Bonchev–Trinajstić information content (AvgIpc) is 2.59. The SMILES string of the molecule is Cl.c1cc(O[C@H]2CCNC2)ncn1. The lowest BCUT2D eigenvalue weighted by Gasteiger charge is -2.09. The first-order valence-corrected chi connectivity index (χ1v) is 4.08. The normalized spacial score (nSPS) is 20.8. The van der Waals surface area contributed by atoms with Crippen LogP contribution in [0.1, 0.15) is 6.42 Å². The molecule has 1 saturated heterocycles. The molecule has 0 unspecified atom stereocenters. The molecule has 0 spiro atoms. The van der Waals surface area contributed by atoms with Crippen LogP contribution in [-0.4, -0.2) is 29.2 Å². The van der Waals surface area contributed by atoms with Crippen molar-refractivity contribution in [1.29, 1.82) is 0 Å². The van der Waals surface area contributed by atoms with E-state index in [0.717, 1.165) is 19.5 Å². The number of nitrogens with one attached hydrogen (secondary N) is 1. The first-order chi connectivity index (χ1) is 5.95. The highest BCUT2D eigenvalue weighted by atomic mass is 35.5. The third kappa shape index (κ3) is 2.82. The van der Waals surface area contributed by atoms with E-state index in [-0.39, 0.29) is 18.5 Å². The number of hydrogen-bond donors (Lipinski definition) is 1. The van der Waals surface area contributed by atoms with Gasteiger partial charge in [-0.2, -0.15) is 0 Å². The van der Waals surface area contributed by atoms with Crippen LogP contribution >= 0.6 is 12.4 Å². The molecule has 13 heavy (non-hydrogen) atoms. The Bertz CT molecular complexity index is 238. The summed E-state index contributed by atoms with van der Waals surface area (Å²) in [6.45, 7) is 1.96. The summed E-state index contributed by atoms with van der Waals surface area (Å²) in [4.78, 5) is 7.79. The van der Waals surface area contributed by atoms with E-state index in [2.05, 4.69) is 15.3 Å². The molecule has 2 heterocycles. The average molecular weight is 202 g/mol. The van der Waals surface area contributed by atoms with Crippen LogP contribution in [0.3, 0.4) is 0 Å². The second-order valence-electron chi connectivity index (χ2n) is 2.78. The van der Waals surface area contributed by atoms with Gasteiger partial charge in [0.25, 0.3) is 0 Å². The molecule has 1 atom stereocenters. The highest BCUT2D eigenvalue weighted by molar-refractivity contribution is 5.85. The van der Waals surface area contributed by atoms with Crippen LogP contribution < -0.4 is 10.1 Å². The fraction of sp³-hybridized carbons (Fsp3) is 0.500. The molecule has 1 aromatic heterocycles. The molecular weight excluding hydrogens is 190 g/mol. The van der Waals surface area contributed by atoms with E-state index >= 15 is 0 Å². The maximum atomic E-state index is 5.56. The van der Waals surface area contributed by atoms with Crippen LogP contribution in [0.4, 0.5) is 0 Å². The molecule has 2 rings (SSSR count). The summed E-state index contributed by atoms with van der Waals surface area (Å²) in [7, 11) is 0. The predicted octanol–water partition coefficient (Wildman–Crippen LogP) is 0.639. The molecular formula is C8H12ClN3O. The zero-order valence-electron chi connectivity index (χ0n) is 7.14. The van der Waals surface area contributed by atoms with Crippen molar-refractivity contribution in [3.63, 3.8) is 0 Å². The lowest BCUT2D eigenvalue weighted by Crippen LogP contribution is -2.19. The quantitative estimate of drug-likeness (QED) is 0.763. The van der Waals surface area contributed by atoms with Crippen molar-refractivity contribution >= 4 is 12.4 Å². The summed E-state index contributed by atoms with van der Waals surface area (Å²) < 4.78 is 5.56. The van der Waals surface area contributed by atoms with Crippen LogP contribution in [0.2, 0.25) is 0 Å². The Balaban J connectivity index is 0.000000845. The topological polar surface area (TPSA) is 47.0 Å². The van der Waals surface area contributed by atoms with Gasteiger partial charge in [0.2, 0.25) is 5.88 Å². The molecule has 0 aromatic carbocycles. The van der Waals surface area contributed by atoms with Crippen molar-refractivity contribution in [2.75, 3.05) is 13.1 Å². The van der Waals surface area contributed by atoms with Crippen molar-refractivity contribution in [3.05, 3.63) is 18.6 Å². The number of hydrogen-bond acceptors (Lipinski definition) is 4. The maximum absolute atomic E-state index is 5.56. The van der Waals surface area contributed by atoms with Crippen molar-refractivity contribution < 1.29 is 4.74 Å². The number of aromatic nitrogens is 2. The van der Waals surface area contributed by atoms with E-state index in [0.29, 0.717) is 5.88 Å². The Hall–Kier alpha value is -0.870. The Labute approximate surface area is 83.1 Å². The summed E-state index contributed by atoms with van der Waals surface area (Å²) in [5, 5.41) is 3.22. The van der Waals surface area contributed by atoms with Crippen LogP contribution in [0.5, 0.6) is 5.88 Å². The van der Waals surface area contributed by atoms with Crippen LogP contribution in [-0.2, 0) is 0 Å². The van der Waals surface area contributed by atoms with E-state index in [1.807, 2.05) is 0 Å². The van der Waals surface area contributed by atoms with Gasteiger partial charge >= 0.3 is 0 Å². The minimum Gasteiger partial charge on any atom is -0.473 e. The molecule has 1 N–H and O–H groups in total. The zero-order chi connectivity index (χ0) is 8.23. The van der Waals surface area contributed by atoms with Gasteiger partial charge in [0.15, 0.2) is 0 Å². The molecule has 72 valence electrons. The molecule has 0 bridgehead atoms. The van der Waals surface area contributed by atoms with E-state index in [1.165, 1.54) is 6.33 Å². The van der Waals surface area contributed by atoms with Crippen LogP contribution in [0.25, 0.3) is 0 Å². The van der Waals surface area contributed by atoms with Gasteiger partial charge in [-0.05, 0) is 13.0 Å². The second-order valence-corrected chi connectivity index (χ2v) is 2.78. The molecule has 1 fully saturated rings. The Kier molecular flexibility index (Phi) is 3.92. The fourth-order valence-corrected chi connectivity index (χ4v) is 1.25. The van der Waals surface area contributed by atoms with Gasteiger partial charge in [0, 0.05) is 18.8 Å². The van der Waals surface area contributed by atoms with Gasteiger partial charge in [0.05, 0.1) is 0 Å². The van der Waals surface area contributed by atoms with Crippen molar-refractivity contribution in [2.24, 2.45) is 0 Å². The van der Waals surface area contributed by atoms with Gasteiger partial charge in [-0.15, -0.1) is 12.4 Å². The number of ether oxygens (including phenoxy) is 1. The van der Waals surface area contributed by atoms with Gasteiger partial charge in [-0.25, -0.2) is 9.97 Å². The van der Waals surface area contributed by atoms with Gasteiger partial charge in [-0.3, -0.25) is 0 Å². The first-order valence-electron chi connectivity index (χ1n) is 4.08. The van der Waals surface area contributed by atoms with E-state index < -0.39 is 0 Å². The van der Waals surface area contributed by atoms with Crippen molar-refractivity contribution in [3.8, 4) is 5.88 Å². The van der Waals surface area contributed by atoms with E-state index in [4.69, 9.17) is 4.74 Å². The summed E-state index contributed by atoms with van der Waals surface area (Å²) in [6.07, 6.45) is 4.52. The summed E-state index contributed by atoms with van der Waals surface area (Å²) in [5.41, 5.74) is 0. The molecule has 1 aromatic rings. The summed E-state index contributed by atoms with van der Waals surface area (Å²) >= 11 is 0. The number of halogens is 1. The fourth-order valence-electron chi connectivity index (χ4n) is 1.25. The van der Waals surface area contributed by atoms with Gasteiger partial charge in [-0.1, -0.05) is 0 Å². The van der Waals surface area contributed by atoms with Crippen molar-refractivity contribution in [1.82, 2.24) is 15.3 Å². The molecule has 1 aliphatic heterocycles. The molecule has 0 radical (unpaired) electrons. The summed E-state index contributed by atoms with van der Waals surface area (Å²) in [6, 6.07) is 1.78. The standard InChI is InChI=1S/C8H11N3O.ClH/c1-3-9-5-7(1)12-8-2-4-10-6-11-8;/h2,4,6-7,9H,1,3,5H2;1H/t7-;/m0./s1. The molecule has 0 saturated carbocycles. The molecule has 5 heteroatoms. The largest absolute Gasteiger partial charge is 0.473 e. The molecule has 0 amide bonds. The maximum Gasteiger partial charge on any atom is 0.216 e. The summed E-state index contributed by atoms with van der Waals surface area (Å²) in [5.74, 6) is 0.665. The Morgan fingerprint density at radius 2 is 2.46 bits per heavy atom. The zero-order valence-corrected chi connectivity index (χ0v) is 7.96. The number of rotatable bonds is 2. The van der Waals surface area contributed by atoms with Crippen LogP contribution in [0.15, 0.2) is 18.6 Å². The Morgan fingerprint density at radius 3 is 3.08 bits per heavy atom. The molecule has 0 aliphatic carbocycles. The first kappa shape index (κ1) is 10.2. The van der Waals surface area contributed by atoms with Crippen LogP contribution in [0, 0.1) is 0 Å². The lowest BCUT2D eigenvalue weighted by molar-refractivity contribution is 0.213. The highest BCUT2D eigenvalue weighted by Crippen LogP contribution is 2.09. The van der Waals surface area contributed by atoms with Gasteiger partial charge in [0.1, 0.15) is 12.4 Å². The predicted molar refractivity (Wildman–Crippen MR) is 51.2 cm³/mol. The Morgan fingerprint density at radius 1 is 1.54 bits per heavy atom. The molecule has 1 aliphatic rings. The van der Waals surface area contributed by atoms with E-state index in [1.54, 1.807) is 12.3 Å². The third-order valence-corrected chi connectivity index (χ3v) is 1.86. The molecule has 4 nitrogen and oxygen atoms in total. The monoisotopic (exact) mass is 201 g/mol. The third-order valence-electron chi connectivity index (χ3n) is 1.86.